The van der Waals surface area contributed by atoms with E-state index in [0.717, 1.165) is 10.9 Å². The number of aryl methyl sites for hydroxylation is 1. The van der Waals surface area contributed by atoms with Crippen LogP contribution >= 0.6 is 0 Å². The van der Waals surface area contributed by atoms with Crippen molar-refractivity contribution in [3.05, 3.63) is 59.8 Å². The molecule has 0 aliphatic carbocycles. The van der Waals surface area contributed by atoms with Crippen molar-refractivity contribution >= 4 is 9.84 Å². The molecule has 0 bridgehead atoms. The van der Waals surface area contributed by atoms with Gasteiger partial charge in [0, 0.05) is 23.9 Å². The lowest BCUT2D eigenvalue weighted by Gasteiger charge is -2.12. The first-order valence-electron chi connectivity index (χ1n) is 8.55. The lowest BCUT2D eigenvalue weighted by Crippen LogP contribution is -2.14. The molecule has 1 aromatic heterocycles. The molecule has 0 aliphatic heterocycles. The van der Waals surface area contributed by atoms with E-state index in [2.05, 4.69) is 5.10 Å². The minimum Gasteiger partial charge on any atom is -0.260 e. The molecule has 0 amide bonds. The second-order valence-corrected chi connectivity index (χ2v) is 8.39. The number of halogens is 3. The summed E-state index contributed by atoms with van der Waals surface area (Å²) in [6, 6.07) is 13.3. The molecular weight excluding hydrogens is 403 g/mol. The molecule has 9 heteroatoms. The Kier molecular flexibility index (Phi) is 5.24. The lowest BCUT2D eigenvalue weighted by atomic mass is 9.97. The number of aromatic nitrogens is 2. The van der Waals surface area contributed by atoms with Crippen molar-refractivity contribution in [1.29, 1.82) is 5.26 Å². The van der Waals surface area contributed by atoms with Gasteiger partial charge in [0.2, 0.25) is 0 Å². The van der Waals surface area contributed by atoms with Gasteiger partial charge in [-0.15, -0.1) is 0 Å². The maximum absolute atomic E-state index is 13.9. The van der Waals surface area contributed by atoms with Crippen molar-refractivity contribution in [1.82, 2.24) is 9.78 Å². The molecule has 0 fully saturated rings. The lowest BCUT2D eigenvalue weighted by molar-refractivity contribution is -0.143. The first-order chi connectivity index (χ1) is 13.6. The Bertz CT molecular complexity index is 1190. The van der Waals surface area contributed by atoms with Gasteiger partial charge in [-0.05, 0) is 36.8 Å². The molecule has 3 aromatic rings. The molecule has 0 atom stereocenters. The topological polar surface area (TPSA) is 75.8 Å². The summed E-state index contributed by atoms with van der Waals surface area (Å²) in [7, 11) is -3.44. The molecule has 0 spiro atoms. The second kappa shape index (κ2) is 7.37. The summed E-state index contributed by atoms with van der Waals surface area (Å²) < 4.78 is 65.9. The van der Waals surface area contributed by atoms with E-state index in [1.54, 1.807) is 6.92 Å². The number of sulfone groups is 1. The van der Waals surface area contributed by atoms with E-state index in [0.29, 0.717) is 11.1 Å². The first-order valence-corrected chi connectivity index (χ1v) is 10.4. The first kappa shape index (κ1) is 20.6. The highest BCUT2D eigenvalue weighted by atomic mass is 32.2. The minimum absolute atomic E-state index is 0.000451. The van der Waals surface area contributed by atoms with E-state index in [1.165, 1.54) is 48.5 Å². The van der Waals surface area contributed by atoms with E-state index >= 15 is 0 Å². The molecule has 29 heavy (non-hydrogen) atoms. The molecule has 3 rings (SSSR count). The number of rotatable bonds is 4. The van der Waals surface area contributed by atoms with Gasteiger partial charge in [0.25, 0.3) is 0 Å². The summed E-state index contributed by atoms with van der Waals surface area (Å²) in [5.41, 5.74) is 0.0173. The van der Waals surface area contributed by atoms with Crippen LogP contribution < -0.4 is 0 Å². The van der Waals surface area contributed by atoms with Crippen LogP contribution in [0.1, 0.15) is 18.2 Å². The summed E-state index contributed by atoms with van der Waals surface area (Å²) in [5, 5.41) is 13.1. The predicted octanol–water partition coefficient (Wildman–Crippen LogP) is 4.53. The third-order valence-corrected chi connectivity index (χ3v) is 5.51. The Hall–Kier alpha value is -3.12. The third-order valence-electron chi connectivity index (χ3n) is 4.38. The molecule has 0 saturated heterocycles. The van der Waals surface area contributed by atoms with Crippen molar-refractivity contribution in [2.45, 2.75) is 24.5 Å². The van der Waals surface area contributed by atoms with Crippen LogP contribution in [0.5, 0.6) is 0 Å². The number of hydrogen-bond acceptors (Lipinski definition) is 4. The fourth-order valence-electron chi connectivity index (χ4n) is 3.03. The zero-order chi connectivity index (χ0) is 21.4. The monoisotopic (exact) mass is 419 g/mol. The van der Waals surface area contributed by atoms with Crippen molar-refractivity contribution < 1.29 is 21.6 Å². The van der Waals surface area contributed by atoms with Crippen LogP contribution in [0, 0.1) is 11.3 Å². The van der Waals surface area contributed by atoms with E-state index < -0.39 is 21.7 Å². The molecule has 0 N–H and O–H groups in total. The Morgan fingerprint density at radius 1 is 1.03 bits per heavy atom. The summed E-state index contributed by atoms with van der Waals surface area (Å²) in [5.74, 6) is 0. The van der Waals surface area contributed by atoms with Gasteiger partial charge in [0.1, 0.15) is 5.69 Å². The summed E-state index contributed by atoms with van der Waals surface area (Å²) >= 11 is 0. The molecule has 2 aromatic carbocycles. The highest BCUT2D eigenvalue weighted by molar-refractivity contribution is 7.90. The van der Waals surface area contributed by atoms with Gasteiger partial charge in [-0.1, -0.05) is 24.3 Å². The summed E-state index contributed by atoms with van der Waals surface area (Å²) in [6.07, 6.45) is -3.60. The SMILES string of the molecule is CCn1nc(-c2ccc(S(C)(=O)=O)cc2)c(-c2ccc(C#N)cc2)c1C(F)(F)F. The van der Waals surface area contributed by atoms with Crippen molar-refractivity contribution in [3.8, 4) is 28.5 Å². The largest absolute Gasteiger partial charge is 0.433 e. The van der Waals surface area contributed by atoms with Gasteiger partial charge < -0.3 is 0 Å². The molecule has 0 unspecified atom stereocenters. The van der Waals surface area contributed by atoms with Gasteiger partial charge in [0.15, 0.2) is 15.5 Å². The van der Waals surface area contributed by atoms with Gasteiger partial charge >= 0.3 is 6.18 Å². The Morgan fingerprint density at radius 3 is 2.03 bits per heavy atom. The quantitative estimate of drug-likeness (QED) is 0.623. The third kappa shape index (κ3) is 4.03. The molecule has 0 aliphatic rings. The molecule has 0 saturated carbocycles. The minimum atomic E-state index is -4.66. The number of alkyl halides is 3. The van der Waals surface area contributed by atoms with Crippen molar-refractivity contribution in [3.63, 3.8) is 0 Å². The zero-order valence-corrected chi connectivity index (χ0v) is 16.3. The predicted molar refractivity (Wildman–Crippen MR) is 102 cm³/mol. The van der Waals surface area contributed by atoms with Crippen LogP contribution in [0.3, 0.4) is 0 Å². The Balaban J connectivity index is 2.29. The fourth-order valence-corrected chi connectivity index (χ4v) is 3.66. The highest BCUT2D eigenvalue weighted by Crippen LogP contribution is 2.42. The standard InChI is InChI=1S/C20H16F3N3O2S/c1-3-26-19(20(21,22)23)17(14-6-4-13(12-24)5-7-14)18(25-26)15-8-10-16(11-9-15)29(2,27)28/h4-11H,3H2,1-2H3. The second-order valence-electron chi connectivity index (χ2n) is 6.37. The van der Waals surface area contributed by atoms with Crippen molar-refractivity contribution in [2.75, 3.05) is 6.26 Å². The molecule has 150 valence electrons. The van der Waals surface area contributed by atoms with Crippen LogP contribution in [-0.4, -0.2) is 24.5 Å². The zero-order valence-electron chi connectivity index (χ0n) is 15.5. The van der Waals surface area contributed by atoms with E-state index in [4.69, 9.17) is 5.26 Å². The normalized spacial score (nSPS) is 12.0. The van der Waals surface area contributed by atoms with Crippen LogP contribution in [0.4, 0.5) is 13.2 Å². The van der Waals surface area contributed by atoms with Gasteiger partial charge in [-0.2, -0.15) is 23.5 Å². The summed E-state index contributed by atoms with van der Waals surface area (Å²) in [4.78, 5) is 0.0622. The van der Waals surface area contributed by atoms with Gasteiger partial charge in [0.05, 0.1) is 16.5 Å². The fraction of sp³-hybridized carbons (Fsp3) is 0.200. The highest BCUT2D eigenvalue weighted by Gasteiger charge is 2.40. The average molecular weight is 419 g/mol. The van der Waals surface area contributed by atoms with Crippen LogP contribution in [0.15, 0.2) is 53.4 Å². The van der Waals surface area contributed by atoms with Crippen molar-refractivity contribution in [2.24, 2.45) is 0 Å². The maximum Gasteiger partial charge on any atom is 0.433 e. The molecule has 5 nitrogen and oxygen atoms in total. The number of nitriles is 1. The van der Waals surface area contributed by atoms with Gasteiger partial charge in [-0.25, -0.2) is 8.42 Å². The number of hydrogen-bond donors (Lipinski definition) is 0. The van der Waals surface area contributed by atoms with E-state index in [9.17, 15) is 21.6 Å². The smallest absolute Gasteiger partial charge is 0.260 e. The van der Waals surface area contributed by atoms with Crippen LogP contribution in [0.2, 0.25) is 0 Å². The van der Waals surface area contributed by atoms with E-state index in [1.807, 2.05) is 6.07 Å². The summed E-state index contributed by atoms with van der Waals surface area (Å²) in [6.45, 7) is 1.56. The average Bonchev–Trinajstić information content (AvgIpc) is 3.07. The Labute approximate surface area is 165 Å². The maximum atomic E-state index is 13.9. The van der Waals surface area contributed by atoms with Gasteiger partial charge in [-0.3, -0.25) is 4.68 Å². The van der Waals surface area contributed by atoms with Crippen LogP contribution in [0.25, 0.3) is 22.4 Å². The molecule has 1 heterocycles. The Morgan fingerprint density at radius 2 is 1.59 bits per heavy atom. The number of benzene rings is 2. The molecule has 0 radical (unpaired) electrons. The van der Waals surface area contributed by atoms with Crippen LogP contribution in [-0.2, 0) is 22.6 Å². The molecular formula is C20H16F3N3O2S. The van der Waals surface area contributed by atoms with E-state index in [-0.39, 0.29) is 28.3 Å². The number of nitrogens with zero attached hydrogens (tertiary/aromatic N) is 3.